The number of benzene rings is 1. The fourth-order valence-corrected chi connectivity index (χ4v) is 1.35. The molecule has 1 aromatic carbocycles. The molecular formula is C11H13ClN2O2. The Balaban J connectivity index is 2.84. The summed E-state index contributed by atoms with van der Waals surface area (Å²) < 4.78 is 0. The third-order valence-electron chi connectivity index (χ3n) is 1.98. The van der Waals surface area contributed by atoms with E-state index in [0.717, 1.165) is 6.42 Å². The summed E-state index contributed by atoms with van der Waals surface area (Å²) in [5, 5.41) is 5.58. The van der Waals surface area contributed by atoms with Crippen LogP contribution in [0.5, 0.6) is 0 Å². The molecule has 1 aromatic rings. The van der Waals surface area contributed by atoms with Crippen LogP contribution >= 0.6 is 11.6 Å². The van der Waals surface area contributed by atoms with Crippen LogP contribution in [0.25, 0.3) is 0 Å². The Morgan fingerprint density at radius 3 is 2.88 bits per heavy atom. The van der Waals surface area contributed by atoms with Crippen molar-refractivity contribution in [1.29, 1.82) is 0 Å². The Bertz CT molecular complexity index is 394. The lowest BCUT2D eigenvalue weighted by Gasteiger charge is -2.06. The van der Waals surface area contributed by atoms with Crippen molar-refractivity contribution >= 4 is 29.6 Å². The molecule has 0 aliphatic rings. The van der Waals surface area contributed by atoms with E-state index in [2.05, 4.69) is 10.6 Å². The zero-order chi connectivity index (χ0) is 12.0. The lowest BCUT2D eigenvalue weighted by molar-refractivity contribution is -0.105. The predicted octanol–water partition coefficient (Wildman–Crippen LogP) is 2.05. The van der Waals surface area contributed by atoms with E-state index >= 15 is 0 Å². The first kappa shape index (κ1) is 12.5. The van der Waals surface area contributed by atoms with E-state index in [9.17, 15) is 9.59 Å². The van der Waals surface area contributed by atoms with Crippen LogP contribution in [0.2, 0.25) is 5.02 Å². The number of nitrogens with one attached hydrogen (secondary N) is 2. The number of amides is 2. The van der Waals surface area contributed by atoms with Gasteiger partial charge in [-0.15, -0.1) is 0 Å². The largest absolute Gasteiger partial charge is 0.352 e. The molecule has 0 spiro atoms. The molecule has 0 atom stereocenters. The first-order chi connectivity index (χ1) is 7.69. The van der Waals surface area contributed by atoms with Gasteiger partial charge in [0.1, 0.15) is 0 Å². The summed E-state index contributed by atoms with van der Waals surface area (Å²) in [5.41, 5.74) is 0.906. The van der Waals surface area contributed by atoms with Gasteiger partial charge in [0.25, 0.3) is 5.91 Å². The fraction of sp³-hybridized carbons (Fsp3) is 0.273. The molecule has 0 saturated carbocycles. The molecule has 2 N–H and O–H groups in total. The lowest BCUT2D eigenvalue weighted by atomic mass is 10.2. The van der Waals surface area contributed by atoms with E-state index in [1.165, 1.54) is 0 Å². The van der Waals surface area contributed by atoms with Gasteiger partial charge >= 0.3 is 0 Å². The van der Waals surface area contributed by atoms with Crippen LogP contribution in [-0.4, -0.2) is 18.9 Å². The topological polar surface area (TPSA) is 58.2 Å². The molecule has 0 aliphatic carbocycles. The summed E-state index contributed by atoms with van der Waals surface area (Å²) in [7, 11) is 0. The molecule has 0 aromatic heterocycles. The highest BCUT2D eigenvalue weighted by Gasteiger charge is 2.07. The maximum absolute atomic E-state index is 11.6. The first-order valence-electron chi connectivity index (χ1n) is 4.97. The van der Waals surface area contributed by atoms with Crippen molar-refractivity contribution in [3.63, 3.8) is 0 Å². The van der Waals surface area contributed by atoms with E-state index in [4.69, 9.17) is 11.6 Å². The molecule has 4 nitrogen and oxygen atoms in total. The minimum atomic E-state index is -0.174. The maximum Gasteiger partial charge on any atom is 0.251 e. The number of carbonyl (C=O) groups is 2. The normalized spacial score (nSPS) is 9.62. The van der Waals surface area contributed by atoms with Gasteiger partial charge in [-0.1, -0.05) is 18.5 Å². The van der Waals surface area contributed by atoms with E-state index < -0.39 is 0 Å². The second-order valence-corrected chi connectivity index (χ2v) is 3.62. The van der Waals surface area contributed by atoms with E-state index in [0.29, 0.717) is 29.2 Å². The minimum absolute atomic E-state index is 0.174. The van der Waals surface area contributed by atoms with Crippen molar-refractivity contribution in [3.05, 3.63) is 28.8 Å². The summed E-state index contributed by atoms with van der Waals surface area (Å²) >= 11 is 5.83. The Hall–Kier alpha value is -1.55. The quantitative estimate of drug-likeness (QED) is 0.774. The highest BCUT2D eigenvalue weighted by Crippen LogP contribution is 2.22. The number of halogens is 1. The standard InChI is InChI=1S/C11H13ClN2O2/c1-2-5-13-11(16)8-3-4-9(12)10(6-8)14-7-15/h3-4,6-7H,2,5H2,1H3,(H,13,16)(H,14,15). The zero-order valence-corrected chi connectivity index (χ0v) is 9.67. The van der Waals surface area contributed by atoms with Gasteiger partial charge in [-0.2, -0.15) is 0 Å². The molecule has 0 radical (unpaired) electrons. The van der Waals surface area contributed by atoms with Crippen molar-refractivity contribution in [2.45, 2.75) is 13.3 Å². The third-order valence-corrected chi connectivity index (χ3v) is 2.31. The molecular weight excluding hydrogens is 228 g/mol. The van der Waals surface area contributed by atoms with E-state index in [1.54, 1.807) is 18.2 Å². The van der Waals surface area contributed by atoms with Crippen LogP contribution in [0.4, 0.5) is 5.69 Å². The molecule has 0 heterocycles. The van der Waals surface area contributed by atoms with Crippen molar-refractivity contribution in [1.82, 2.24) is 5.32 Å². The second-order valence-electron chi connectivity index (χ2n) is 3.21. The number of hydrogen-bond acceptors (Lipinski definition) is 2. The van der Waals surface area contributed by atoms with Gasteiger partial charge in [-0.25, -0.2) is 0 Å². The van der Waals surface area contributed by atoms with Crippen molar-refractivity contribution < 1.29 is 9.59 Å². The molecule has 5 heteroatoms. The van der Waals surface area contributed by atoms with Gasteiger partial charge in [0.15, 0.2) is 0 Å². The Kier molecular flexibility index (Phi) is 4.79. The Morgan fingerprint density at radius 2 is 2.25 bits per heavy atom. The molecule has 2 amide bonds. The number of rotatable bonds is 5. The highest BCUT2D eigenvalue weighted by molar-refractivity contribution is 6.33. The van der Waals surface area contributed by atoms with Crippen LogP contribution in [0, 0.1) is 0 Å². The van der Waals surface area contributed by atoms with Crippen molar-refractivity contribution in [2.75, 3.05) is 11.9 Å². The summed E-state index contributed by atoms with van der Waals surface area (Å²) in [4.78, 5) is 21.9. The molecule has 0 fully saturated rings. The molecule has 0 saturated heterocycles. The van der Waals surface area contributed by atoms with Crippen LogP contribution < -0.4 is 10.6 Å². The van der Waals surface area contributed by atoms with Gasteiger partial charge < -0.3 is 10.6 Å². The molecule has 0 unspecified atom stereocenters. The van der Waals surface area contributed by atoms with Crippen LogP contribution in [0.3, 0.4) is 0 Å². The predicted molar refractivity (Wildman–Crippen MR) is 63.8 cm³/mol. The summed E-state index contributed by atoms with van der Waals surface area (Å²) in [6.07, 6.45) is 1.40. The van der Waals surface area contributed by atoms with Gasteiger partial charge in [0.05, 0.1) is 10.7 Å². The summed E-state index contributed by atoms with van der Waals surface area (Å²) in [6.45, 7) is 2.60. The molecule has 0 bridgehead atoms. The maximum atomic E-state index is 11.6. The number of hydrogen-bond donors (Lipinski definition) is 2. The second kappa shape index (κ2) is 6.12. The first-order valence-corrected chi connectivity index (χ1v) is 5.34. The molecule has 1 rings (SSSR count). The highest BCUT2D eigenvalue weighted by atomic mass is 35.5. The Morgan fingerprint density at radius 1 is 1.50 bits per heavy atom. The number of anilines is 1. The van der Waals surface area contributed by atoms with Crippen LogP contribution in [0.15, 0.2) is 18.2 Å². The number of carbonyl (C=O) groups excluding carboxylic acids is 2. The van der Waals surface area contributed by atoms with Crippen LogP contribution in [0.1, 0.15) is 23.7 Å². The minimum Gasteiger partial charge on any atom is -0.352 e. The molecule has 86 valence electrons. The SMILES string of the molecule is CCCNC(=O)c1ccc(Cl)c(NC=O)c1. The average Bonchev–Trinajstić information content (AvgIpc) is 2.29. The Labute approximate surface area is 99.0 Å². The molecule has 16 heavy (non-hydrogen) atoms. The van der Waals surface area contributed by atoms with E-state index in [1.807, 2.05) is 6.92 Å². The van der Waals surface area contributed by atoms with Gasteiger partial charge in [0, 0.05) is 12.1 Å². The van der Waals surface area contributed by atoms with Crippen LogP contribution in [-0.2, 0) is 4.79 Å². The van der Waals surface area contributed by atoms with E-state index in [-0.39, 0.29) is 5.91 Å². The zero-order valence-electron chi connectivity index (χ0n) is 8.92. The van der Waals surface area contributed by atoms with Gasteiger partial charge in [-0.3, -0.25) is 9.59 Å². The monoisotopic (exact) mass is 240 g/mol. The summed E-state index contributed by atoms with van der Waals surface area (Å²) in [5.74, 6) is -0.174. The third kappa shape index (κ3) is 3.24. The summed E-state index contributed by atoms with van der Waals surface area (Å²) in [6, 6.07) is 4.74. The fourth-order valence-electron chi connectivity index (χ4n) is 1.18. The lowest BCUT2D eigenvalue weighted by Crippen LogP contribution is -2.24. The van der Waals surface area contributed by atoms with Gasteiger partial charge in [0.2, 0.25) is 6.41 Å². The van der Waals surface area contributed by atoms with Crippen molar-refractivity contribution in [3.8, 4) is 0 Å². The van der Waals surface area contributed by atoms with Crippen molar-refractivity contribution in [2.24, 2.45) is 0 Å². The average molecular weight is 241 g/mol. The molecule has 0 aliphatic heterocycles. The van der Waals surface area contributed by atoms with Gasteiger partial charge in [-0.05, 0) is 24.6 Å². The smallest absolute Gasteiger partial charge is 0.251 e.